The molecule has 0 unspecified atom stereocenters. The van der Waals surface area contributed by atoms with E-state index < -0.39 is 57.1 Å². The molecule has 1 aromatic heterocycles. The van der Waals surface area contributed by atoms with Crippen LogP contribution in [0.5, 0.6) is 11.5 Å². The van der Waals surface area contributed by atoms with Gasteiger partial charge in [-0.2, -0.15) is 13.2 Å². The van der Waals surface area contributed by atoms with Gasteiger partial charge in [0.25, 0.3) is 5.91 Å². The van der Waals surface area contributed by atoms with E-state index in [0.717, 1.165) is 40.8 Å². The fourth-order valence-corrected chi connectivity index (χ4v) is 8.21. The number of anilines is 2. The minimum Gasteiger partial charge on any atom is -0.490 e. The number of aryl methyl sites for hydroxylation is 1. The number of para-hydroxylation sites is 1. The number of carbonyl (C=O) groups excluding carboxylic acids is 3. The van der Waals surface area contributed by atoms with Gasteiger partial charge < -0.3 is 19.8 Å². The summed E-state index contributed by atoms with van der Waals surface area (Å²) in [6, 6.07) is 16.5. The maximum Gasteiger partial charge on any atom is 0.418 e. The van der Waals surface area contributed by atoms with Crippen LogP contribution < -0.4 is 24.6 Å². The van der Waals surface area contributed by atoms with Crippen LogP contribution in [0.2, 0.25) is 0 Å². The molecule has 0 radical (unpaired) electrons. The molecule has 3 aromatic carbocycles. The Kier molecular flexibility index (Phi) is 8.42. The minimum atomic E-state index is -4.81. The first-order chi connectivity index (χ1) is 22.0. The lowest BCUT2D eigenvalue weighted by Gasteiger charge is -2.30. The number of hydrogen-bond donors (Lipinski definition) is 2. The number of ether oxygens (including phenoxy) is 2. The van der Waals surface area contributed by atoms with Crippen molar-refractivity contribution in [1.29, 1.82) is 0 Å². The number of nitrogens with one attached hydrogen (secondary N) is 2. The van der Waals surface area contributed by atoms with Crippen LogP contribution in [0.15, 0.2) is 76.6 Å². The van der Waals surface area contributed by atoms with Gasteiger partial charge >= 0.3 is 11.0 Å². The number of imide groups is 1. The van der Waals surface area contributed by atoms with E-state index in [1.54, 1.807) is 31.2 Å². The van der Waals surface area contributed by atoms with E-state index in [1.807, 2.05) is 25.1 Å². The number of amides is 3. The van der Waals surface area contributed by atoms with Crippen LogP contribution in [0.3, 0.4) is 0 Å². The predicted octanol–water partition coefficient (Wildman–Crippen LogP) is 5.98. The van der Waals surface area contributed by atoms with Crippen LogP contribution in [0.25, 0.3) is 0 Å². The highest BCUT2D eigenvalue weighted by molar-refractivity contribution is 8.00. The lowest BCUT2D eigenvalue weighted by molar-refractivity contribution is -0.137. The highest BCUT2D eigenvalue weighted by Crippen LogP contribution is 2.54. The first-order valence-corrected chi connectivity index (χ1v) is 15.9. The Labute approximate surface area is 268 Å². The molecule has 6 rings (SSSR count). The van der Waals surface area contributed by atoms with Gasteiger partial charge in [-0.05, 0) is 61.4 Å². The maximum atomic E-state index is 14.0. The van der Waals surface area contributed by atoms with Crippen molar-refractivity contribution in [3.8, 4) is 11.5 Å². The Morgan fingerprint density at radius 2 is 1.76 bits per heavy atom. The summed E-state index contributed by atoms with van der Waals surface area (Å²) in [6.45, 7) is 3.55. The number of hydrogen-bond acceptors (Lipinski definition) is 8. The molecule has 0 aliphatic carbocycles. The normalized spacial score (nSPS) is 19.1. The van der Waals surface area contributed by atoms with Crippen LogP contribution in [0.1, 0.15) is 34.4 Å². The van der Waals surface area contributed by atoms with Gasteiger partial charge in [-0.1, -0.05) is 53.4 Å². The molecule has 0 bridgehead atoms. The molecule has 3 amide bonds. The highest BCUT2D eigenvalue weighted by atomic mass is 32.2. The van der Waals surface area contributed by atoms with Crippen LogP contribution in [-0.2, 0) is 20.6 Å². The van der Waals surface area contributed by atoms with Crippen molar-refractivity contribution in [3.05, 3.63) is 98.0 Å². The van der Waals surface area contributed by atoms with Crippen molar-refractivity contribution >= 4 is 52.2 Å². The molecule has 2 aliphatic rings. The van der Waals surface area contributed by atoms with E-state index in [2.05, 4.69) is 10.3 Å². The molecule has 1 saturated heterocycles. The molecule has 9 nitrogen and oxygen atoms in total. The van der Waals surface area contributed by atoms with Crippen molar-refractivity contribution in [3.63, 3.8) is 0 Å². The maximum absolute atomic E-state index is 14.0. The Morgan fingerprint density at radius 3 is 2.50 bits per heavy atom. The molecule has 4 aromatic rings. The van der Waals surface area contributed by atoms with Crippen molar-refractivity contribution in [2.75, 3.05) is 23.4 Å². The molecule has 2 N–H and O–H groups in total. The second-order valence-corrected chi connectivity index (χ2v) is 12.8. The number of thiazole rings is 1. The van der Waals surface area contributed by atoms with Gasteiger partial charge in [0.2, 0.25) is 11.8 Å². The second-order valence-electron chi connectivity index (χ2n) is 10.6. The van der Waals surface area contributed by atoms with Crippen LogP contribution in [0, 0.1) is 12.8 Å². The summed E-state index contributed by atoms with van der Waals surface area (Å²) in [5.74, 6) is -3.49. The zero-order valence-corrected chi connectivity index (χ0v) is 26.0. The highest BCUT2D eigenvalue weighted by Gasteiger charge is 2.57. The Hall–Kier alpha value is -4.56. The topological polar surface area (TPSA) is 118 Å². The molecule has 46 heavy (non-hydrogen) atoms. The fraction of sp³-hybridized carbons (Fsp3) is 0.250. The fourth-order valence-electron chi connectivity index (χ4n) is 5.69. The molecule has 1 fully saturated rings. The number of aromatic nitrogens is 1. The number of aromatic amines is 1. The number of thioether (sulfide) groups is 1. The lowest BCUT2D eigenvalue weighted by atomic mass is 9.83. The number of alkyl halides is 3. The third-order valence-electron chi connectivity index (χ3n) is 7.56. The number of fused-ring (bicyclic) bond motifs is 2. The molecule has 14 heteroatoms. The smallest absolute Gasteiger partial charge is 0.418 e. The third kappa shape index (κ3) is 5.89. The van der Waals surface area contributed by atoms with E-state index >= 15 is 0 Å². The summed E-state index contributed by atoms with van der Waals surface area (Å²) in [5.41, 5.74) is 0.425. The number of carbonyl (C=O) groups is 3. The SMILES string of the molecule is CCOc1cc([C@@H]2c3sc(=O)[nH]c3S[C@H]3C(=O)N(c4ccccc4C(F)(F)F)C(=O)[C@@H]23)ccc1OCC(=O)Nc1cccc(C)c1. The van der Waals surface area contributed by atoms with Gasteiger partial charge in [0.15, 0.2) is 18.1 Å². The quantitative estimate of drug-likeness (QED) is 0.222. The van der Waals surface area contributed by atoms with Crippen molar-refractivity contribution in [2.45, 2.75) is 36.2 Å². The van der Waals surface area contributed by atoms with Gasteiger partial charge in [0.1, 0.15) is 5.25 Å². The van der Waals surface area contributed by atoms with Crippen molar-refractivity contribution in [1.82, 2.24) is 4.98 Å². The summed E-state index contributed by atoms with van der Waals surface area (Å²) >= 11 is 1.83. The number of H-pyrrole nitrogens is 1. The standard InChI is InChI=1S/C32H26F3N3O6S2/c1-3-43-22-14-17(11-12-21(22)44-15-23(39)36-18-8-6-7-16(2)13-18)24-25-27(45-28-26(24)46-31(42)37-28)30(41)38(29(25)40)20-10-5-4-9-19(20)32(33,34)35/h4-14,24-25,27H,3,15H2,1-2H3,(H,36,39)(H,37,42)/t24-,25-,27+/m0/s1. The Balaban J connectivity index is 1.34. The summed E-state index contributed by atoms with van der Waals surface area (Å²) < 4.78 is 53.4. The van der Waals surface area contributed by atoms with Crippen LogP contribution in [0.4, 0.5) is 24.5 Å². The van der Waals surface area contributed by atoms with Crippen molar-refractivity contribution < 1.29 is 37.0 Å². The lowest BCUT2D eigenvalue weighted by Crippen LogP contribution is -2.33. The predicted molar refractivity (Wildman–Crippen MR) is 167 cm³/mol. The summed E-state index contributed by atoms with van der Waals surface area (Å²) in [4.78, 5) is 56.1. The molecular weight excluding hydrogens is 643 g/mol. The van der Waals surface area contributed by atoms with E-state index in [-0.39, 0.29) is 24.7 Å². The van der Waals surface area contributed by atoms with Gasteiger partial charge in [0.05, 0.1) is 28.8 Å². The van der Waals surface area contributed by atoms with E-state index in [4.69, 9.17) is 9.47 Å². The van der Waals surface area contributed by atoms with Gasteiger partial charge in [-0.15, -0.1) is 0 Å². The number of benzene rings is 3. The minimum absolute atomic E-state index is 0.226. The number of rotatable bonds is 8. The zero-order valence-electron chi connectivity index (χ0n) is 24.3. The monoisotopic (exact) mass is 669 g/mol. The summed E-state index contributed by atoms with van der Waals surface area (Å²) in [7, 11) is 0. The average molecular weight is 670 g/mol. The van der Waals surface area contributed by atoms with Gasteiger partial charge in [0, 0.05) is 16.5 Å². The third-order valence-corrected chi connectivity index (χ3v) is 9.96. The summed E-state index contributed by atoms with van der Waals surface area (Å²) in [6.07, 6.45) is -4.81. The second kappa shape index (κ2) is 12.3. The van der Waals surface area contributed by atoms with E-state index in [0.29, 0.717) is 26.1 Å². The molecular formula is C32H26F3N3O6S2. The summed E-state index contributed by atoms with van der Waals surface area (Å²) in [5, 5.41) is 2.05. The molecule has 3 atom stereocenters. The van der Waals surface area contributed by atoms with E-state index in [9.17, 15) is 32.3 Å². The Morgan fingerprint density at radius 1 is 0.978 bits per heavy atom. The first kappa shape index (κ1) is 31.4. The molecule has 0 spiro atoms. The molecule has 2 aliphatic heterocycles. The van der Waals surface area contributed by atoms with Gasteiger partial charge in [-0.25, -0.2) is 4.90 Å². The number of halogens is 3. The molecule has 238 valence electrons. The molecule has 3 heterocycles. The van der Waals surface area contributed by atoms with E-state index in [1.165, 1.54) is 12.1 Å². The van der Waals surface area contributed by atoms with Crippen LogP contribution >= 0.6 is 23.1 Å². The average Bonchev–Trinajstić information content (AvgIpc) is 3.50. The van der Waals surface area contributed by atoms with Crippen LogP contribution in [-0.4, -0.2) is 41.2 Å². The van der Waals surface area contributed by atoms with Gasteiger partial charge in [-0.3, -0.25) is 19.2 Å². The first-order valence-electron chi connectivity index (χ1n) is 14.2. The zero-order chi connectivity index (χ0) is 32.7. The largest absolute Gasteiger partial charge is 0.490 e. The Bertz CT molecular complexity index is 1910. The number of nitrogens with zero attached hydrogens (tertiary/aromatic N) is 1. The van der Waals surface area contributed by atoms with Crippen molar-refractivity contribution in [2.24, 2.45) is 5.92 Å². The molecule has 0 saturated carbocycles.